The number of urea groups is 1. The Labute approximate surface area is 227 Å². The van der Waals surface area contributed by atoms with Crippen molar-refractivity contribution in [3.63, 3.8) is 0 Å². The molecule has 5 atom stereocenters. The van der Waals surface area contributed by atoms with Gasteiger partial charge in [0.25, 0.3) is 0 Å². The van der Waals surface area contributed by atoms with Crippen LogP contribution >= 0.6 is 0 Å². The largest absolute Gasteiger partial charge is 0.497 e. The van der Waals surface area contributed by atoms with Crippen LogP contribution in [0.2, 0.25) is 0 Å². The van der Waals surface area contributed by atoms with E-state index in [-0.39, 0.29) is 49.1 Å². The van der Waals surface area contributed by atoms with Gasteiger partial charge in [-0.25, -0.2) is 4.79 Å². The third-order valence-corrected chi connectivity index (χ3v) is 7.20. The fourth-order valence-corrected chi connectivity index (χ4v) is 5.27. The average molecular weight is 532 g/mol. The first-order valence-electron chi connectivity index (χ1n) is 13.1. The van der Waals surface area contributed by atoms with Crippen molar-refractivity contribution in [3.8, 4) is 11.5 Å². The van der Waals surface area contributed by atoms with Gasteiger partial charge >= 0.3 is 6.03 Å². The molecule has 4 N–H and O–H groups in total. The topological polar surface area (TPSA) is 118 Å². The lowest BCUT2D eigenvalue weighted by Gasteiger charge is -2.37. The molecular formula is C30H33N3O6. The van der Waals surface area contributed by atoms with Crippen LogP contribution in [-0.4, -0.2) is 49.1 Å². The molecule has 0 saturated carbocycles. The molecule has 0 bridgehead atoms. The number of methoxy groups -OCH3 is 1. The number of anilines is 2. The number of nitrogens with one attached hydrogen (secondary N) is 3. The monoisotopic (exact) mass is 531 g/mol. The van der Waals surface area contributed by atoms with Crippen molar-refractivity contribution in [2.75, 3.05) is 24.4 Å². The predicted molar refractivity (Wildman–Crippen MR) is 147 cm³/mol. The zero-order valence-corrected chi connectivity index (χ0v) is 21.9. The lowest BCUT2D eigenvalue weighted by molar-refractivity contribution is -0.142. The van der Waals surface area contributed by atoms with E-state index in [0.29, 0.717) is 29.3 Å². The molecule has 9 heteroatoms. The van der Waals surface area contributed by atoms with Gasteiger partial charge < -0.3 is 35.3 Å². The molecule has 2 aliphatic heterocycles. The van der Waals surface area contributed by atoms with E-state index in [0.717, 1.165) is 11.1 Å². The van der Waals surface area contributed by atoms with Gasteiger partial charge in [-0.15, -0.1) is 0 Å². The second kappa shape index (κ2) is 11.8. The van der Waals surface area contributed by atoms with E-state index in [9.17, 15) is 14.7 Å². The quantitative estimate of drug-likeness (QED) is 0.337. The van der Waals surface area contributed by atoms with Crippen molar-refractivity contribution >= 4 is 23.3 Å². The second-order valence-electron chi connectivity index (χ2n) is 9.87. The minimum Gasteiger partial charge on any atom is -0.497 e. The van der Waals surface area contributed by atoms with E-state index < -0.39 is 6.10 Å². The van der Waals surface area contributed by atoms with Gasteiger partial charge in [-0.2, -0.15) is 0 Å². The molecule has 5 rings (SSSR count). The third-order valence-electron chi connectivity index (χ3n) is 7.20. The second-order valence-corrected chi connectivity index (χ2v) is 9.87. The van der Waals surface area contributed by atoms with Crippen LogP contribution in [0.15, 0.2) is 72.8 Å². The summed E-state index contributed by atoms with van der Waals surface area (Å²) in [6.07, 6.45) is -0.570. The average Bonchev–Trinajstić information content (AvgIpc) is 3.31. The Morgan fingerprint density at radius 2 is 1.74 bits per heavy atom. The first-order valence-corrected chi connectivity index (χ1v) is 13.1. The van der Waals surface area contributed by atoms with Crippen LogP contribution in [0.25, 0.3) is 0 Å². The van der Waals surface area contributed by atoms with E-state index in [1.165, 1.54) is 0 Å². The summed E-state index contributed by atoms with van der Waals surface area (Å²) < 4.78 is 17.4. The minimum atomic E-state index is -0.560. The number of aliphatic hydroxyl groups is 1. The molecule has 0 aromatic heterocycles. The Bertz CT molecular complexity index is 1300. The van der Waals surface area contributed by atoms with Crippen molar-refractivity contribution in [1.29, 1.82) is 0 Å². The molecule has 3 aromatic rings. The fraction of sp³-hybridized carbons (Fsp3) is 0.333. The van der Waals surface area contributed by atoms with Crippen LogP contribution < -0.4 is 25.4 Å². The van der Waals surface area contributed by atoms with E-state index in [4.69, 9.17) is 14.2 Å². The van der Waals surface area contributed by atoms with Crippen LogP contribution in [0, 0.1) is 0 Å². The van der Waals surface area contributed by atoms with E-state index >= 15 is 0 Å². The number of ether oxygens (including phenoxy) is 3. The molecule has 3 amide bonds. The summed E-state index contributed by atoms with van der Waals surface area (Å²) in [6, 6.07) is 21.8. The zero-order chi connectivity index (χ0) is 27.4. The predicted octanol–water partition coefficient (Wildman–Crippen LogP) is 4.60. The maximum absolute atomic E-state index is 12.8. The van der Waals surface area contributed by atoms with Gasteiger partial charge in [0.1, 0.15) is 23.7 Å². The summed E-state index contributed by atoms with van der Waals surface area (Å²) in [5.74, 6) is 1.20. The number of benzene rings is 3. The number of aliphatic hydroxyl groups excluding tert-OH is 1. The number of amides is 3. The van der Waals surface area contributed by atoms with Crippen LogP contribution in [0.4, 0.5) is 16.2 Å². The fourth-order valence-electron chi connectivity index (χ4n) is 5.27. The SMILES string of the molecule is COc1ccc(NC(=O)Nc2ccc3c(c2)[C@@H]2C[C@@H](CC(=O)N[C@@H](C)c4ccccc4)O[C@H](CO)[C@@H]2O3)cc1. The maximum atomic E-state index is 12.8. The molecule has 2 aliphatic rings. The third kappa shape index (κ3) is 6.16. The molecular weight excluding hydrogens is 498 g/mol. The number of hydrogen-bond donors (Lipinski definition) is 4. The van der Waals surface area contributed by atoms with E-state index in [1.54, 1.807) is 37.4 Å². The summed E-state index contributed by atoms with van der Waals surface area (Å²) in [4.78, 5) is 25.4. The summed E-state index contributed by atoms with van der Waals surface area (Å²) in [7, 11) is 1.59. The Balaban J connectivity index is 1.23. The lowest BCUT2D eigenvalue weighted by Crippen LogP contribution is -2.47. The summed E-state index contributed by atoms with van der Waals surface area (Å²) >= 11 is 0. The van der Waals surface area contributed by atoms with Crippen molar-refractivity contribution in [1.82, 2.24) is 5.32 Å². The minimum absolute atomic E-state index is 0.0818. The van der Waals surface area contributed by atoms with Gasteiger partial charge in [-0.1, -0.05) is 30.3 Å². The van der Waals surface area contributed by atoms with E-state index in [2.05, 4.69) is 16.0 Å². The maximum Gasteiger partial charge on any atom is 0.323 e. The van der Waals surface area contributed by atoms with Gasteiger partial charge in [-0.05, 0) is 61.4 Å². The lowest BCUT2D eigenvalue weighted by atomic mass is 9.84. The zero-order valence-electron chi connectivity index (χ0n) is 21.9. The van der Waals surface area contributed by atoms with Gasteiger partial charge in [0, 0.05) is 22.9 Å². The number of hydrogen-bond acceptors (Lipinski definition) is 6. The molecule has 0 unspecified atom stereocenters. The normalized spacial score (nSPS) is 22.0. The first kappa shape index (κ1) is 26.5. The molecule has 204 valence electrons. The van der Waals surface area contributed by atoms with Crippen LogP contribution in [-0.2, 0) is 9.53 Å². The molecule has 39 heavy (non-hydrogen) atoms. The molecule has 0 aliphatic carbocycles. The molecule has 1 saturated heterocycles. The smallest absolute Gasteiger partial charge is 0.323 e. The summed E-state index contributed by atoms with van der Waals surface area (Å²) in [5.41, 5.74) is 3.20. The van der Waals surface area contributed by atoms with Crippen molar-refractivity contribution in [2.45, 2.75) is 50.0 Å². The number of fused-ring (bicyclic) bond motifs is 3. The van der Waals surface area contributed by atoms with Crippen molar-refractivity contribution in [3.05, 3.63) is 83.9 Å². The standard InChI is InChI=1S/C30H33N3O6/c1-18(19-6-4-3-5-7-19)31-28(35)16-23-15-25-24-14-21(10-13-26(24)39-29(25)27(17-34)38-23)33-30(36)32-20-8-11-22(37-2)12-9-20/h3-14,18,23,25,27,29,34H,15-17H2,1-2H3,(H,31,35)(H2,32,33,36)/t18-,23-,25-,27+,29+/m0/s1. The number of rotatable bonds is 8. The highest BCUT2D eigenvalue weighted by Gasteiger charge is 2.46. The summed E-state index contributed by atoms with van der Waals surface area (Å²) in [5, 5.41) is 18.7. The molecule has 0 spiro atoms. The van der Waals surface area contributed by atoms with E-state index in [1.807, 2.05) is 49.4 Å². The first-order chi connectivity index (χ1) is 18.9. The van der Waals surface area contributed by atoms with Gasteiger partial charge in [0.05, 0.1) is 32.3 Å². The van der Waals surface area contributed by atoms with Gasteiger partial charge in [0.15, 0.2) is 0 Å². The molecule has 3 aromatic carbocycles. The van der Waals surface area contributed by atoms with Crippen LogP contribution in [0.5, 0.6) is 11.5 Å². The summed E-state index contributed by atoms with van der Waals surface area (Å²) in [6.45, 7) is 1.73. The van der Waals surface area contributed by atoms with Crippen LogP contribution in [0.1, 0.15) is 42.9 Å². The van der Waals surface area contributed by atoms with Gasteiger partial charge in [-0.3, -0.25) is 4.79 Å². The molecule has 1 fully saturated rings. The highest BCUT2D eigenvalue weighted by molar-refractivity contribution is 5.99. The van der Waals surface area contributed by atoms with Gasteiger partial charge in [0.2, 0.25) is 5.91 Å². The Kier molecular flexibility index (Phi) is 7.99. The number of carbonyl (C=O) groups is 2. The highest BCUT2D eigenvalue weighted by Crippen LogP contribution is 2.47. The molecule has 0 radical (unpaired) electrons. The van der Waals surface area contributed by atoms with Crippen LogP contribution in [0.3, 0.4) is 0 Å². The van der Waals surface area contributed by atoms with Crippen molar-refractivity contribution in [2.24, 2.45) is 0 Å². The Hall–Kier alpha value is -4.08. The molecule has 2 heterocycles. The number of carbonyl (C=O) groups excluding carboxylic acids is 2. The molecule has 9 nitrogen and oxygen atoms in total. The Morgan fingerprint density at radius 3 is 2.46 bits per heavy atom. The Morgan fingerprint density at radius 1 is 1.03 bits per heavy atom. The van der Waals surface area contributed by atoms with Crippen molar-refractivity contribution < 1.29 is 28.9 Å². The highest BCUT2D eigenvalue weighted by atomic mass is 16.6.